The minimum absolute atomic E-state index is 0.102. The molecule has 3 aromatic rings. The van der Waals surface area contributed by atoms with Crippen LogP contribution >= 0.6 is 0 Å². The van der Waals surface area contributed by atoms with Crippen molar-refractivity contribution in [1.82, 2.24) is 9.78 Å². The topological polar surface area (TPSA) is 46.9 Å². The van der Waals surface area contributed by atoms with Crippen molar-refractivity contribution in [1.29, 1.82) is 0 Å². The third-order valence-corrected chi connectivity index (χ3v) is 3.61. The van der Waals surface area contributed by atoms with Crippen LogP contribution < -0.4 is 5.32 Å². The van der Waals surface area contributed by atoms with E-state index in [0.717, 1.165) is 16.8 Å². The summed E-state index contributed by atoms with van der Waals surface area (Å²) in [5.74, 6) is 0.603. The predicted octanol–water partition coefficient (Wildman–Crippen LogP) is 3.87. The standard InChI is InChI=1S/C19H19N3O/c1-14-8-10-17(11-9-14)18-12-19(20-15(2)23)22(21-18)13-16-6-4-3-5-7-16/h3-12H,13H2,1-2H3,(H,20,23). The summed E-state index contributed by atoms with van der Waals surface area (Å²) in [6, 6.07) is 20.2. The van der Waals surface area contributed by atoms with Gasteiger partial charge in [-0.05, 0) is 12.5 Å². The number of amides is 1. The number of nitrogens with zero attached hydrogens (tertiary/aromatic N) is 2. The second-order valence-electron chi connectivity index (χ2n) is 5.61. The first kappa shape index (κ1) is 15.0. The van der Waals surface area contributed by atoms with E-state index in [1.807, 2.05) is 53.2 Å². The van der Waals surface area contributed by atoms with E-state index in [1.54, 1.807) is 0 Å². The molecule has 0 aliphatic rings. The fraction of sp³-hybridized carbons (Fsp3) is 0.158. The Balaban J connectivity index is 1.96. The SMILES string of the molecule is CC(=O)Nc1cc(-c2ccc(C)cc2)nn1Cc1ccccc1. The second kappa shape index (κ2) is 6.48. The van der Waals surface area contributed by atoms with E-state index in [9.17, 15) is 4.79 Å². The highest BCUT2D eigenvalue weighted by Gasteiger charge is 2.11. The molecule has 2 aromatic carbocycles. The minimum Gasteiger partial charge on any atom is -0.311 e. The monoisotopic (exact) mass is 305 g/mol. The smallest absolute Gasteiger partial charge is 0.222 e. The molecule has 1 amide bonds. The average Bonchev–Trinajstić information content (AvgIpc) is 2.91. The molecule has 0 unspecified atom stereocenters. The number of hydrogen-bond donors (Lipinski definition) is 1. The van der Waals surface area contributed by atoms with Gasteiger partial charge in [0.2, 0.25) is 5.91 Å². The Morgan fingerprint density at radius 1 is 1.09 bits per heavy atom. The molecule has 0 fully saturated rings. The van der Waals surface area contributed by atoms with Gasteiger partial charge in [-0.3, -0.25) is 4.79 Å². The van der Waals surface area contributed by atoms with Crippen molar-refractivity contribution in [3.05, 3.63) is 71.8 Å². The molecule has 1 aromatic heterocycles. The summed E-state index contributed by atoms with van der Waals surface area (Å²) in [4.78, 5) is 11.5. The van der Waals surface area contributed by atoms with Crippen molar-refractivity contribution in [2.45, 2.75) is 20.4 Å². The van der Waals surface area contributed by atoms with Crippen molar-refractivity contribution >= 4 is 11.7 Å². The van der Waals surface area contributed by atoms with Crippen LogP contribution in [-0.4, -0.2) is 15.7 Å². The van der Waals surface area contributed by atoms with Gasteiger partial charge in [0.15, 0.2) is 0 Å². The molecule has 0 saturated carbocycles. The van der Waals surface area contributed by atoms with E-state index >= 15 is 0 Å². The maximum absolute atomic E-state index is 11.5. The predicted molar refractivity (Wildman–Crippen MR) is 92.2 cm³/mol. The van der Waals surface area contributed by atoms with Gasteiger partial charge in [0.1, 0.15) is 5.82 Å². The Hall–Kier alpha value is -2.88. The van der Waals surface area contributed by atoms with Gasteiger partial charge in [0.05, 0.1) is 12.2 Å². The fourth-order valence-electron chi connectivity index (χ4n) is 2.44. The van der Waals surface area contributed by atoms with Crippen molar-refractivity contribution < 1.29 is 4.79 Å². The number of rotatable bonds is 4. The molecule has 3 rings (SSSR count). The lowest BCUT2D eigenvalue weighted by Gasteiger charge is -2.07. The summed E-state index contributed by atoms with van der Waals surface area (Å²) in [5, 5.41) is 7.52. The van der Waals surface area contributed by atoms with Crippen molar-refractivity contribution in [3.63, 3.8) is 0 Å². The first-order chi connectivity index (χ1) is 11.1. The van der Waals surface area contributed by atoms with Crippen LogP contribution in [-0.2, 0) is 11.3 Å². The zero-order valence-corrected chi connectivity index (χ0v) is 13.3. The average molecular weight is 305 g/mol. The van der Waals surface area contributed by atoms with Crippen molar-refractivity contribution in [3.8, 4) is 11.3 Å². The number of aromatic nitrogens is 2. The van der Waals surface area contributed by atoms with E-state index in [0.29, 0.717) is 12.4 Å². The maximum Gasteiger partial charge on any atom is 0.222 e. The quantitative estimate of drug-likeness (QED) is 0.795. The van der Waals surface area contributed by atoms with Gasteiger partial charge >= 0.3 is 0 Å². The van der Waals surface area contributed by atoms with Crippen molar-refractivity contribution in [2.75, 3.05) is 5.32 Å². The molecular weight excluding hydrogens is 286 g/mol. The molecule has 116 valence electrons. The number of benzene rings is 2. The number of nitrogens with one attached hydrogen (secondary N) is 1. The molecule has 0 aliphatic carbocycles. The largest absolute Gasteiger partial charge is 0.311 e. The van der Waals surface area contributed by atoms with Crippen LogP contribution in [0.5, 0.6) is 0 Å². The van der Waals surface area contributed by atoms with Gasteiger partial charge in [-0.2, -0.15) is 5.10 Å². The lowest BCUT2D eigenvalue weighted by atomic mass is 10.1. The molecule has 0 radical (unpaired) electrons. The highest BCUT2D eigenvalue weighted by Crippen LogP contribution is 2.23. The van der Waals surface area contributed by atoms with Gasteiger partial charge in [-0.1, -0.05) is 60.2 Å². The van der Waals surface area contributed by atoms with E-state index in [1.165, 1.54) is 12.5 Å². The lowest BCUT2D eigenvalue weighted by molar-refractivity contribution is -0.114. The van der Waals surface area contributed by atoms with Crippen LogP contribution in [0, 0.1) is 6.92 Å². The Kier molecular flexibility index (Phi) is 4.24. The molecule has 1 N–H and O–H groups in total. The fourth-order valence-corrected chi connectivity index (χ4v) is 2.44. The first-order valence-electron chi connectivity index (χ1n) is 7.58. The summed E-state index contributed by atoms with van der Waals surface area (Å²) in [6.45, 7) is 4.17. The highest BCUT2D eigenvalue weighted by molar-refractivity contribution is 5.88. The molecule has 0 atom stereocenters. The number of aryl methyl sites for hydroxylation is 1. The molecular formula is C19H19N3O. The van der Waals surface area contributed by atoms with Crippen LogP contribution in [0.2, 0.25) is 0 Å². The summed E-state index contributed by atoms with van der Waals surface area (Å²) in [5.41, 5.74) is 4.23. The molecule has 1 heterocycles. The number of carbonyl (C=O) groups excluding carboxylic acids is 1. The summed E-state index contributed by atoms with van der Waals surface area (Å²) < 4.78 is 1.83. The van der Waals surface area contributed by atoms with Crippen LogP contribution in [0.15, 0.2) is 60.7 Å². The van der Waals surface area contributed by atoms with Gasteiger partial charge in [-0.25, -0.2) is 4.68 Å². The Morgan fingerprint density at radius 3 is 2.43 bits per heavy atom. The van der Waals surface area contributed by atoms with Gasteiger partial charge in [0.25, 0.3) is 0 Å². The van der Waals surface area contributed by atoms with Gasteiger partial charge in [0, 0.05) is 18.6 Å². The molecule has 0 aliphatic heterocycles. The van der Waals surface area contributed by atoms with Gasteiger partial charge < -0.3 is 5.32 Å². The third kappa shape index (κ3) is 3.66. The lowest BCUT2D eigenvalue weighted by Crippen LogP contribution is -2.12. The summed E-state index contributed by atoms with van der Waals surface area (Å²) in [6.07, 6.45) is 0. The minimum atomic E-state index is -0.102. The van der Waals surface area contributed by atoms with Crippen LogP contribution in [0.25, 0.3) is 11.3 Å². The van der Waals surface area contributed by atoms with E-state index in [2.05, 4.69) is 29.5 Å². The Morgan fingerprint density at radius 2 is 1.78 bits per heavy atom. The zero-order chi connectivity index (χ0) is 16.2. The molecule has 0 spiro atoms. The Labute approximate surface area is 135 Å². The second-order valence-corrected chi connectivity index (χ2v) is 5.61. The van der Waals surface area contributed by atoms with Crippen LogP contribution in [0.4, 0.5) is 5.82 Å². The van der Waals surface area contributed by atoms with E-state index in [4.69, 9.17) is 0 Å². The number of anilines is 1. The van der Waals surface area contributed by atoms with Crippen LogP contribution in [0.3, 0.4) is 0 Å². The van der Waals surface area contributed by atoms with Gasteiger partial charge in [-0.15, -0.1) is 0 Å². The zero-order valence-electron chi connectivity index (χ0n) is 13.3. The first-order valence-corrected chi connectivity index (χ1v) is 7.58. The number of carbonyl (C=O) groups is 1. The number of hydrogen-bond acceptors (Lipinski definition) is 2. The molecule has 0 saturated heterocycles. The molecule has 4 nitrogen and oxygen atoms in total. The maximum atomic E-state index is 11.5. The van der Waals surface area contributed by atoms with E-state index < -0.39 is 0 Å². The molecule has 0 bridgehead atoms. The van der Waals surface area contributed by atoms with Crippen molar-refractivity contribution in [2.24, 2.45) is 0 Å². The highest BCUT2D eigenvalue weighted by atomic mass is 16.1. The summed E-state index contributed by atoms with van der Waals surface area (Å²) in [7, 11) is 0. The normalized spacial score (nSPS) is 10.5. The van der Waals surface area contributed by atoms with E-state index in [-0.39, 0.29) is 5.91 Å². The summed E-state index contributed by atoms with van der Waals surface area (Å²) >= 11 is 0. The molecule has 23 heavy (non-hydrogen) atoms. The third-order valence-electron chi connectivity index (χ3n) is 3.61. The molecule has 4 heteroatoms. The Bertz CT molecular complexity index is 804. The van der Waals surface area contributed by atoms with Crippen LogP contribution in [0.1, 0.15) is 18.1 Å².